The van der Waals surface area contributed by atoms with Crippen LogP contribution in [0.3, 0.4) is 0 Å². The molecule has 0 N–H and O–H groups in total. The highest BCUT2D eigenvalue weighted by molar-refractivity contribution is 6.67. The average Bonchev–Trinajstić information content (AvgIpc) is 2.27. The van der Waals surface area contributed by atoms with Gasteiger partial charge in [-0.15, -0.1) is 0 Å². The first-order valence-corrected chi connectivity index (χ1v) is 7.35. The van der Waals surface area contributed by atoms with Gasteiger partial charge in [0.1, 0.15) is 0 Å². The normalized spacial score (nSPS) is 14.3. The number of hydrogen-bond acceptors (Lipinski definition) is 4. The van der Waals surface area contributed by atoms with Crippen molar-refractivity contribution in [3.05, 3.63) is 12.7 Å². The molecule has 0 saturated carbocycles. The third-order valence-corrected chi connectivity index (χ3v) is 5.96. The third kappa shape index (κ3) is 5.11. The SMILES string of the molecule is C=CC(=O)OCO[Si](CC)(CCC)OC. The summed E-state index contributed by atoms with van der Waals surface area (Å²) in [6.07, 6.45) is 2.12. The van der Waals surface area contributed by atoms with Crippen LogP contribution in [0.15, 0.2) is 12.7 Å². The summed E-state index contributed by atoms with van der Waals surface area (Å²) in [6.45, 7) is 7.37. The number of ether oxygens (including phenoxy) is 1. The predicted octanol–water partition coefficient (Wildman–Crippen LogP) is 2.21. The molecule has 4 nitrogen and oxygen atoms in total. The van der Waals surface area contributed by atoms with Crippen LogP contribution in [0.25, 0.3) is 0 Å². The summed E-state index contributed by atoms with van der Waals surface area (Å²) in [5, 5.41) is 0. The van der Waals surface area contributed by atoms with Gasteiger partial charge in [0, 0.05) is 13.2 Å². The van der Waals surface area contributed by atoms with Gasteiger partial charge in [-0.3, -0.25) is 0 Å². The molecule has 0 radical (unpaired) electrons. The number of carbonyl (C=O) groups is 1. The molecule has 1 unspecified atom stereocenters. The highest BCUT2D eigenvalue weighted by atomic mass is 28.4. The van der Waals surface area contributed by atoms with E-state index in [-0.39, 0.29) is 6.79 Å². The smallest absolute Gasteiger partial charge is 0.340 e. The highest BCUT2D eigenvalue weighted by Gasteiger charge is 2.33. The molecule has 1 atom stereocenters. The maximum Gasteiger partial charge on any atom is 0.340 e. The zero-order valence-electron chi connectivity index (χ0n) is 9.75. The number of rotatable bonds is 8. The minimum Gasteiger partial charge on any atom is -0.436 e. The second-order valence-corrected chi connectivity index (χ2v) is 6.87. The molecule has 0 heterocycles. The van der Waals surface area contributed by atoms with Gasteiger partial charge in [0.25, 0.3) is 0 Å². The van der Waals surface area contributed by atoms with E-state index in [1.807, 2.05) is 6.92 Å². The molecule has 0 fully saturated rings. The standard InChI is InChI=1S/C10H20O4Si/c1-5-8-15(7-3,12-4)14-9-13-10(11)6-2/h6H,2,5,7-9H2,1,3-4H3. The van der Waals surface area contributed by atoms with Crippen molar-refractivity contribution in [3.8, 4) is 0 Å². The van der Waals surface area contributed by atoms with E-state index in [1.54, 1.807) is 7.11 Å². The molecule has 0 saturated heterocycles. The van der Waals surface area contributed by atoms with Gasteiger partial charge < -0.3 is 13.6 Å². The van der Waals surface area contributed by atoms with Crippen LogP contribution in [-0.2, 0) is 18.4 Å². The topological polar surface area (TPSA) is 44.8 Å². The molecule has 0 spiro atoms. The van der Waals surface area contributed by atoms with E-state index in [0.29, 0.717) is 0 Å². The third-order valence-electron chi connectivity index (χ3n) is 2.23. The van der Waals surface area contributed by atoms with Crippen LogP contribution in [-0.4, -0.2) is 28.4 Å². The van der Waals surface area contributed by atoms with Crippen LogP contribution in [0.1, 0.15) is 20.3 Å². The molecule has 0 amide bonds. The Morgan fingerprint density at radius 1 is 1.47 bits per heavy atom. The van der Waals surface area contributed by atoms with Crippen molar-refractivity contribution in [1.29, 1.82) is 0 Å². The molecule has 0 aromatic rings. The van der Waals surface area contributed by atoms with E-state index in [1.165, 1.54) is 0 Å². The molecule has 5 heteroatoms. The van der Waals surface area contributed by atoms with Gasteiger partial charge in [-0.2, -0.15) is 0 Å². The molecular formula is C10H20O4Si. The van der Waals surface area contributed by atoms with Crippen LogP contribution in [0, 0.1) is 0 Å². The summed E-state index contributed by atoms with van der Waals surface area (Å²) in [7, 11) is -0.481. The Balaban J connectivity index is 4.05. The number of hydrogen-bond donors (Lipinski definition) is 0. The zero-order chi connectivity index (χ0) is 11.7. The van der Waals surface area contributed by atoms with E-state index in [0.717, 1.165) is 24.6 Å². The van der Waals surface area contributed by atoms with E-state index in [4.69, 9.17) is 13.6 Å². The lowest BCUT2D eigenvalue weighted by atomic mass is 10.6. The molecule has 0 aliphatic heterocycles. The Hall–Kier alpha value is -0.653. The van der Waals surface area contributed by atoms with Crippen molar-refractivity contribution in [2.45, 2.75) is 32.4 Å². The largest absolute Gasteiger partial charge is 0.436 e. The van der Waals surface area contributed by atoms with Crippen molar-refractivity contribution in [2.75, 3.05) is 13.9 Å². The monoisotopic (exact) mass is 232 g/mol. The molecule has 88 valence electrons. The lowest BCUT2D eigenvalue weighted by molar-refractivity contribution is -0.145. The van der Waals surface area contributed by atoms with Gasteiger partial charge in [0.2, 0.25) is 0 Å². The van der Waals surface area contributed by atoms with Crippen molar-refractivity contribution in [1.82, 2.24) is 0 Å². The summed E-state index contributed by atoms with van der Waals surface area (Å²) in [5.74, 6) is -0.471. The minimum absolute atomic E-state index is 0.0429. The molecule has 0 aromatic heterocycles. The Morgan fingerprint density at radius 3 is 2.53 bits per heavy atom. The fourth-order valence-electron chi connectivity index (χ4n) is 1.29. The summed E-state index contributed by atoms with van der Waals surface area (Å²) >= 11 is 0. The fraction of sp³-hybridized carbons (Fsp3) is 0.700. The second kappa shape index (κ2) is 7.61. The Labute approximate surface area is 92.5 Å². The average molecular weight is 232 g/mol. The van der Waals surface area contributed by atoms with Gasteiger partial charge in [0.05, 0.1) is 0 Å². The highest BCUT2D eigenvalue weighted by Crippen LogP contribution is 2.19. The van der Waals surface area contributed by atoms with Crippen molar-refractivity contribution >= 4 is 14.5 Å². The Bertz CT molecular complexity index is 202. The first kappa shape index (κ1) is 14.3. The minimum atomic E-state index is -2.13. The van der Waals surface area contributed by atoms with Crippen LogP contribution in [0.5, 0.6) is 0 Å². The Morgan fingerprint density at radius 2 is 2.13 bits per heavy atom. The maximum absolute atomic E-state index is 10.8. The second-order valence-electron chi connectivity index (χ2n) is 3.15. The van der Waals surface area contributed by atoms with E-state index in [2.05, 4.69) is 13.5 Å². The lowest BCUT2D eigenvalue weighted by Gasteiger charge is -2.27. The Kier molecular flexibility index (Phi) is 7.28. The van der Waals surface area contributed by atoms with E-state index < -0.39 is 14.5 Å². The molecule has 0 rings (SSSR count). The van der Waals surface area contributed by atoms with Gasteiger partial charge in [-0.25, -0.2) is 4.79 Å². The predicted molar refractivity (Wildman–Crippen MR) is 60.6 cm³/mol. The molecular weight excluding hydrogens is 212 g/mol. The first-order valence-electron chi connectivity index (χ1n) is 5.12. The van der Waals surface area contributed by atoms with Gasteiger partial charge in [-0.1, -0.05) is 26.8 Å². The van der Waals surface area contributed by atoms with Gasteiger partial charge in [0.15, 0.2) is 6.79 Å². The summed E-state index contributed by atoms with van der Waals surface area (Å²) in [6, 6.07) is 1.76. The van der Waals surface area contributed by atoms with Crippen molar-refractivity contribution in [2.24, 2.45) is 0 Å². The van der Waals surface area contributed by atoms with Crippen molar-refractivity contribution < 1.29 is 18.4 Å². The van der Waals surface area contributed by atoms with Gasteiger partial charge >= 0.3 is 14.5 Å². The lowest BCUT2D eigenvalue weighted by Crippen LogP contribution is -2.41. The maximum atomic E-state index is 10.8. The molecule has 0 aliphatic carbocycles. The molecule has 0 aliphatic rings. The quantitative estimate of drug-likeness (QED) is 0.278. The summed E-state index contributed by atoms with van der Waals surface area (Å²) in [4.78, 5) is 10.8. The van der Waals surface area contributed by atoms with Gasteiger partial charge in [-0.05, 0) is 12.1 Å². The summed E-state index contributed by atoms with van der Waals surface area (Å²) < 4.78 is 15.8. The number of carbonyl (C=O) groups excluding carboxylic acids is 1. The van der Waals surface area contributed by atoms with Crippen molar-refractivity contribution in [3.63, 3.8) is 0 Å². The molecule has 0 bridgehead atoms. The molecule has 0 aromatic carbocycles. The molecule has 15 heavy (non-hydrogen) atoms. The first-order chi connectivity index (χ1) is 7.14. The zero-order valence-corrected chi connectivity index (χ0v) is 10.7. The van der Waals surface area contributed by atoms with E-state index >= 15 is 0 Å². The van der Waals surface area contributed by atoms with Crippen LogP contribution >= 0.6 is 0 Å². The fourth-order valence-corrected chi connectivity index (χ4v) is 3.64. The number of esters is 1. The van der Waals surface area contributed by atoms with Crippen LogP contribution in [0.2, 0.25) is 12.1 Å². The van der Waals surface area contributed by atoms with Crippen LogP contribution in [0.4, 0.5) is 0 Å². The van der Waals surface area contributed by atoms with Crippen LogP contribution < -0.4 is 0 Å². The van der Waals surface area contributed by atoms with E-state index in [9.17, 15) is 4.79 Å². The summed E-state index contributed by atoms with van der Waals surface area (Å²) in [5.41, 5.74) is 0.